The Kier molecular flexibility index (Phi) is 7.37. The molecule has 2 N–H and O–H groups in total. The SMILES string of the molecule is CS(=O)(=O)CC(=O)Nc1c2c(nn1-c1ccc(C(F)F)cc1)C[C@]1(CCOc3cc(OCC(F)(F)F)ccc31)NC2=O. The van der Waals surface area contributed by atoms with Crippen LogP contribution in [-0.4, -0.2) is 61.4 Å². The summed E-state index contributed by atoms with van der Waals surface area (Å²) >= 11 is 0. The highest BCUT2D eigenvalue weighted by Crippen LogP contribution is 2.44. The van der Waals surface area contributed by atoms with Crippen molar-refractivity contribution in [2.45, 2.75) is 31.0 Å². The first kappa shape index (κ1) is 29.3. The predicted molar refractivity (Wildman–Crippen MR) is 138 cm³/mol. The van der Waals surface area contributed by atoms with Crippen molar-refractivity contribution in [3.63, 3.8) is 0 Å². The molecule has 0 unspecified atom stereocenters. The molecule has 0 saturated carbocycles. The molecule has 1 atom stereocenters. The van der Waals surface area contributed by atoms with Gasteiger partial charge in [-0.15, -0.1) is 0 Å². The van der Waals surface area contributed by atoms with Gasteiger partial charge < -0.3 is 20.1 Å². The molecule has 2 aromatic carbocycles. The van der Waals surface area contributed by atoms with E-state index in [1.54, 1.807) is 0 Å². The standard InChI is InChI=1S/C26H23F5N4O6S/c1-42(38,39)12-20(36)32-23-21-18(34-35(23)15-4-2-14(3-5-15)22(27)28)11-25(33-24(21)37)8-9-40-19-10-16(6-7-17(19)25)41-13-26(29,30)31/h2-7,10,22H,8-9,11-13H2,1H3,(H,32,36)(H,33,37)/t25-/m0/s1. The number of sulfone groups is 1. The van der Waals surface area contributed by atoms with Crippen molar-refractivity contribution in [2.24, 2.45) is 0 Å². The monoisotopic (exact) mass is 614 g/mol. The number of fused-ring (bicyclic) bond motifs is 3. The number of hydrogen-bond acceptors (Lipinski definition) is 7. The summed E-state index contributed by atoms with van der Waals surface area (Å²) in [6, 6.07) is 9.03. The Morgan fingerprint density at radius 1 is 1.21 bits per heavy atom. The highest BCUT2D eigenvalue weighted by Gasteiger charge is 2.46. The van der Waals surface area contributed by atoms with Crippen LogP contribution in [0.5, 0.6) is 11.5 Å². The topological polar surface area (TPSA) is 129 Å². The van der Waals surface area contributed by atoms with Gasteiger partial charge in [0.2, 0.25) is 5.91 Å². The molecule has 0 saturated heterocycles. The molecule has 3 aromatic rings. The average molecular weight is 615 g/mol. The second-order valence-electron chi connectivity index (χ2n) is 9.97. The zero-order chi connectivity index (χ0) is 30.4. The number of carbonyl (C=O) groups excluding carboxylic acids is 2. The summed E-state index contributed by atoms with van der Waals surface area (Å²) in [5.41, 5.74) is -0.537. The van der Waals surface area contributed by atoms with Gasteiger partial charge in [0, 0.05) is 36.3 Å². The third kappa shape index (κ3) is 6.03. The quantitative estimate of drug-likeness (QED) is 0.389. The van der Waals surface area contributed by atoms with Gasteiger partial charge in [-0.3, -0.25) is 9.59 Å². The summed E-state index contributed by atoms with van der Waals surface area (Å²) in [5, 5.41) is 9.84. The molecule has 2 aliphatic heterocycles. The van der Waals surface area contributed by atoms with Crippen LogP contribution in [0.25, 0.3) is 5.69 Å². The second kappa shape index (κ2) is 10.6. The minimum atomic E-state index is -4.54. The lowest BCUT2D eigenvalue weighted by Gasteiger charge is -2.41. The molecule has 16 heteroatoms. The van der Waals surface area contributed by atoms with E-state index in [4.69, 9.17) is 9.47 Å². The van der Waals surface area contributed by atoms with Crippen molar-refractivity contribution < 1.29 is 49.4 Å². The summed E-state index contributed by atoms with van der Waals surface area (Å²) in [6.45, 7) is -1.40. The van der Waals surface area contributed by atoms with Crippen molar-refractivity contribution in [3.05, 3.63) is 64.8 Å². The van der Waals surface area contributed by atoms with E-state index in [0.29, 0.717) is 5.56 Å². The summed E-state index contributed by atoms with van der Waals surface area (Å²) in [5.74, 6) is -2.54. The number of rotatable bonds is 7. The van der Waals surface area contributed by atoms with Crippen molar-refractivity contribution in [3.8, 4) is 17.2 Å². The number of hydrogen-bond donors (Lipinski definition) is 2. The Morgan fingerprint density at radius 3 is 2.57 bits per heavy atom. The van der Waals surface area contributed by atoms with Gasteiger partial charge in [-0.2, -0.15) is 18.3 Å². The minimum absolute atomic E-state index is 0.0569. The van der Waals surface area contributed by atoms with E-state index in [1.807, 2.05) is 0 Å². The lowest BCUT2D eigenvalue weighted by atomic mass is 9.77. The zero-order valence-corrected chi connectivity index (χ0v) is 22.6. The van der Waals surface area contributed by atoms with E-state index in [2.05, 4.69) is 15.7 Å². The molecule has 1 aromatic heterocycles. The largest absolute Gasteiger partial charge is 0.493 e. The number of nitrogens with zero attached hydrogens (tertiary/aromatic N) is 2. The van der Waals surface area contributed by atoms with E-state index < -0.39 is 52.2 Å². The summed E-state index contributed by atoms with van der Waals surface area (Å²) < 4.78 is 99.2. The highest BCUT2D eigenvalue weighted by atomic mass is 32.2. The van der Waals surface area contributed by atoms with Gasteiger partial charge in [0.25, 0.3) is 12.3 Å². The maximum absolute atomic E-state index is 13.6. The molecule has 0 fully saturated rings. The van der Waals surface area contributed by atoms with E-state index >= 15 is 0 Å². The van der Waals surface area contributed by atoms with Crippen LogP contribution < -0.4 is 20.1 Å². The molecule has 0 aliphatic carbocycles. The molecule has 1 spiro atoms. The molecule has 0 radical (unpaired) electrons. The van der Waals surface area contributed by atoms with Crippen LogP contribution in [-0.2, 0) is 26.6 Å². The van der Waals surface area contributed by atoms with Gasteiger partial charge in [0.15, 0.2) is 16.4 Å². The Bertz CT molecular complexity index is 1660. The normalized spacial score (nSPS) is 18.2. The van der Waals surface area contributed by atoms with Crippen LogP contribution >= 0.6 is 0 Å². The third-order valence-electron chi connectivity index (χ3n) is 6.71. The number of amides is 2. The predicted octanol–water partition coefficient (Wildman–Crippen LogP) is 3.70. The molecule has 5 rings (SSSR count). The smallest absolute Gasteiger partial charge is 0.422 e. The fraction of sp³-hybridized carbons (Fsp3) is 0.346. The number of aromatic nitrogens is 2. The summed E-state index contributed by atoms with van der Waals surface area (Å²) in [6.07, 6.45) is -6.10. The minimum Gasteiger partial charge on any atom is -0.493 e. The Labute approximate surface area is 235 Å². The first-order chi connectivity index (χ1) is 19.6. The number of ether oxygens (including phenoxy) is 2. The Balaban J connectivity index is 1.55. The number of carbonyl (C=O) groups is 2. The maximum Gasteiger partial charge on any atom is 0.422 e. The van der Waals surface area contributed by atoms with E-state index in [9.17, 15) is 40.0 Å². The van der Waals surface area contributed by atoms with Crippen LogP contribution in [0, 0.1) is 0 Å². The molecule has 10 nitrogen and oxygen atoms in total. The second-order valence-corrected chi connectivity index (χ2v) is 12.1. The molecular formula is C26H23F5N4O6S. The first-order valence-corrected chi connectivity index (χ1v) is 14.5. The molecule has 3 heterocycles. The van der Waals surface area contributed by atoms with Gasteiger partial charge in [-0.25, -0.2) is 21.9 Å². The lowest BCUT2D eigenvalue weighted by Crippen LogP contribution is -2.53. The van der Waals surface area contributed by atoms with Crippen LogP contribution in [0.3, 0.4) is 0 Å². The fourth-order valence-electron chi connectivity index (χ4n) is 4.96. The van der Waals surface area contributed by atoms with Crippen molar-refractivity contribution in [1.29, 1.82) is 0 Å². The highest BCUT2D eigenvalue weighted by molar-refractivity contribution is 7.91. The van der Waals surface area contributed by atoms with E-state index in [0.717, 1.165) is 23.1 Å². The number of anilines is 1. The van der Waals surface area contributed by atoms with Gasteiger partial charge >= 0.3 is 6.18 Å². The Morgan fingerprint density at radius 2 is 1.93 bits per heavy atom. The molecule has 2 aliphatic rings. The summed E-state index contributed by atoms with van der Waals surface area (Å²) in [4.78, 5) is 26.2. The van der Waals surface area contributed by atoms with Crippen molar-refractivity contribution in [1.82, 2.24) is 15.1 Å². The van der Waals surface area contributed by atoms with Gasteiger partial charge in [0.1, 0.15) is 28.6 Å². The fourth-order valence-corrected chi connectivity index (χ4v) is 5.51. The van der Waals surface area contributed by atoms with Crippen molar-refractivity contribution >= 4 is 27.5 Å². The number of halogens is 5. The van der Waals surface area contributed by atoms with Gasteiger partial charge in [-0.1, -0.05) is 12.1 Å². The van der Waals surface area contributed by atoms with Crippen LogP contribution in [0.15, 0.2) is 42.5 Å². The van der Waals surface area contributed by atoms with Crippen LogP contribution in [0.4, 0.5) is 27.8 Å². The molecule has 42 heavy (non-hydrogen) atoms. The van der Waals surface area contributed by atoms with Crippen molar-refractivity contribution in [2.75, 3.05) is 30.5 Å². The molecule has 2 amide bonds. The lowest BCUT2D eigenvalue weighted by molar-refractivity contribution is -0.153. The molecule has 224 valence electrons. The zero-order valence-electron chi connectivity index (χ0n) is 21.8. The summed E-state index contributed by atoms with van der Waals surface area (Å²) in [7, 11) is -3.74. The van der Waals surface area contributed by atoms with Gasteiger partial charge in [0.05, 0.1) is 23.5 Å². The first-order valence-electron chi connectivity index (χ1n) is 12.4. The van der Waals surface area contributed by atoms with Crippen LogP contribution in [0.2, 0.25) is 0 Å². The number of alkyl halides is 5. The van der Waals surface area contributed by atoms with Crippen LogP contribution in [0.1, 0.15) is 40.0 Å². The molecule has 0 bridgehead atoms. The van der Waals surface area contributed by atoms with E-state index in [-0.39, 0.29) is 59.3 Å². The van der Waals surface area contributed by atoms with Gasteiger partial charge in [-0.05, 0) is 24.3 Å². The number of benzene rings is 2. The average Bonchev–Trinajstić information content (AvgIpc) is 3.24. The Hall–Kier alpha value is -4.21. The third-order valence-corrected chi connectivity index (χ3v) is 7.49. The van der Waals surface area contributed by atoms with E-state index in [1.165, 1.54) is 30.3 Å². The number of nitrogens with one attached hydrogen (secondary N) is 2. The molecular weight excluding hydrogens is 591 g/mol. The maximum atomic E-state index is 13.6.